The highest BCUT2D eigenvalue weighted by Crippen LogP contribution is 2.35. The van der Waals surface area contributed by atoms with Crippen molar-refractivity contribution in [2.75, 3.05) is 11.9 Å². The molecular weight excluding hydrogens is 324 g/mol. The largest absolute Gasteiger partial charge is 0.378 e. The fourth-order valence-corrected chi connectivity index (χ4v) is 5.08. The van der Waals surface area contributed by atoms with Crippen molar-refractivity contribution in [2.24, 2.45) is 0 Å². The zero-order valence-electron chi connectivity index (χ0n) is 13.1. The Labute approximate surface area is 144 Å². The van der Waals surface area contributed by atoms with Gasteiger partial charge in [-0.15, -0.1) is 27.8 Å². The Morgan fingerprint density at radius 2 is 2.39 bits per heavy atom. The van der Waals surface area contributed by atoms with Crippen molar-refractivity contribution in [3.05, 3.63) is 39.0 Å². The lowest BCUT2D eigenvalue weighted by Crippen LogP contribution is -2.23. The summed E-state index contributed by atoms with van der Waals surface area (Å²) in [5.41, 5.74) is 3.45. The van der Waals surface area contributed by atoms with E-state index in [1.54, 1.807) is 11.3 Å². The molecule has 3 aromatic rings. The molecule has 4 rings (SSSR count). The van der Waals surface area contributed by atoms with Crippen molar-refractivity contribution in [1.29, 1.82) is 0 Å². The van der Waals surface area contributed by atoms with Gasteiger partial charge in [0.15, 0.2) is 0 Å². The van der Waals surface area contributed by atoms with E-state index in [9.17, 15) is 0 Å². The molecule has 0 amide bonds. The predicted molar refractivity (Wildman–Crippen MR) is 98.5 cm³/mol. The molecule has 0 aliphatic carbocycles. The maximum absolute atomic E-state index is 4.38. The average Bonchev–Trinajstić information content (AvgIpc) is 3.30. The molecule has 120 valence electrons. The predicted octanol–water partition coefficient (Wildman–Crippen LogP) is 3.97. The molecular formula is C17H20N4S2. The zero-order chi connectivity index (χ0) is 15.6. The first-order valence-electron chi connectivity index (χ1n) is 8.04. The summed E-state index contributed by atoms with van der Waals surface area (Å²) in [6.07, 6.45) is 5.53. The minimum absolute atomic E-state index is 0.622. The lowest BCUT2D eigenvalue weighted by molar-refractivity contribution is 0.606. The van der Waals surface area contributed by atoms with Gasteiger partial charge in [-0.3, -0.25) is 0 Å². The quantitative estimate of drug-likeness (QED) is 0.735. The second-order valence-corrected chi connectivity index (χ2v) is 8.15. The van der Waals surface area contributed by atoms with Crippen LogP contribution in [0, 0.1) is 6.92 Å². The lowest BCUT2D eigenvalue weighted by atomic mass is 10.1. The number of nitrogens with one attached hydrogen (secondary N) is 2. The van der Waals surface area contributed by atoms with Gasteiger partial charge >= 0.3 is 0 Å². The van der Waals surface area contributed by atoms with Gasteiger partial charge in [0.2, 0.25) is 0 Å². The van der Waals surface area contributed by atoms with Crippen molar-refractivity contribution in [1.82, 2.24) is 15.5 Å². The first-order valence-corrected chi connectivity index (χ1v) is 9.74. The third-order valence-electron chi connectivity index (χ3n) is 4.43. The van der Waals surface area contributed by atoms with Crippen LogP contribution in [0.5, 0.6) is 0 Å². The number of nitrogens with zero attached hydrogens (tertiary/aromatic N) is 2. The molecule has 1 saturated heterocycles. The van der Waals surface area contributed by atoms with Crippen LogP contribution in [0.1, 0.15) is 28.2 Å². The van der Waals surface area contributed by atoms with Crippen molar-refractivity contribution < 1.29 is 0 Å². The number of aromatic nitrogens is 2. The van der Waals surface area contributed by atoms with Gasteiger partial charge in [0.1, 0.15) is 5.52 Å². The lowest BCUT2D eigenvalue weighted by Gasteiger charge is -2.08. The van der Waals surface area contributed by atoms with Crippen molar-refractivity contribution in [2.45, 2.75) is 38.8 Å². The van der Waals surface area contributed by atoms with Gasteiger partial charge in [-0.05, 0) is 49.7 Å². The summed E-state index contributed by atoms with van der Waals surface area (Å²) in [7, 11) is 0. The molecule has 1 aliphatic heterocycles. The van der Waals surface area contributed by atoms with E-state index in [1.165, 1.54) is 32.9 Å². The molecule has 4 heterocycles. The summed E-state index contributed by atoms with van der Waals surface area (Å²) < 4.78 is 1.24. The van der Waals surface area contributed by atoms with Gasteiger partial charge in [-0.1, -0.05) is 6.07 Å². The van der Waals surface area contributed by atoms with Crippen LogP contribution in [0.2, 0.25) is 0 Å². The number of hydrogen-bond acceptors (Lipinski definition) is 6. The number of rotatable bonds is 5. The Balaban J connectivity index is 1.60. The van der Waals surface area contributed by atoms with E-state index >= 15 is 0 Å². The highest BCUT2D eigenvalue weighted by Gasteiger charge is 2.19. The monoisotopic (exact) mass is 344 g/mol. The van der Waals surface area contributed by atoms with Gasteiger partial charge in [-0.2, -0.15) is 5.10 Å². The zero-order valence-corrected chi connectivity index (χ0v) is 14.8. The third kappa shape index (κ3) is 3.11. The van der Waals surface area contributed by atoms with Crippen LogP contribution < -0.4 is 10.6 Å². The smallest absolute Gasteiger partial charge is 0.109 e. The Morgan fingerprint density at radius 1 is 1.43 bits per heavy atom. The molecule has 6 heteroatoms. The highest BCUT2D eigenvalue weighted by molar-refractivity contribution is 7.19. The molecule has 0 unspecified atom stereocenters. The van der Waals surface area contributed by atoms with Crippen LogP contribution in [0.25, 0.3) is 10.2 Å². The molecule has 2 N–H and O–H groups in total. The van der Waals surface area contributed by atoms with E-state index in [0.717, 1.165) is 30.7 Å². The molecule has 0 bridgehead atoms. The fourth-order valence-electron chi connectivity index (χ4n) is 3.13. The molecule has 1 fully saturated rings. The summed E-state index contributed by atoms with van der Waals surface area (Å²) in [5.74, 6) is 0. The molecule has 0 radical (unpaired) electrons. The van der Waals surface area contributed by atoms with Gasteiger partial charge in [0.05, 0.1) is 16.6 Å². The van der Waals surface area contributed by atoms with Gasteiger partial charge < -0.3 is 10.6 Å². The Kier molecular flexibility index (Phi) is 4.29. The number of fused-ring (bicyclic) bond motifs is 1. The standard InChI is InChI=1S/C17H20N4S2/c1-11-15(8-12-4-2-6-18-12)23-17-14(10-20-21-16(11)17)19-9-13-5-3-7-22-13/h3,5,7,10,12,18H,2,4,6,8-9H2,1H3,(H,19,21)/t12-/m1/s1. The highest BCUT2D eigenvalue weighted by atomic mass is 32.1. The van der Waals surface area contributed by atoms with Gasteiger partial charge in [0.25, 0.3) is 0 Å². The molecule has 0 aromatic carbocycles. The molecule has 0 spiro atoms. The average molecular weight is 345 g/mol. The second kappa shape index (κ2) is 6.55. The molecule has 4 nitrogen and oxygen atoms in total. The van der Waals surface area contributed by atoms with E-state index < -0.39 is 0 Å². The fraction of sp³-hybridized carbons (Fsp3) is 0.412. The van der Waals surface area contributed by atoms with Crippen LogP contribution in [0.15, 0.2) is 23.7 Å². The number of anilines is 1. The van der Waals surface area contributed by atoms with Crippen molar-refractivity contribution >= 4 is 38.6 Å². The maximum atomic E-state index is 4.38. The van der Waals surface area contributed by atoms with E-state index in [-0.39, 0.29) is 0 Å². The Morgan fingerprint density at radius 3 is 3.17 bits per heavy atom. The van der Waals surface area contributed by atoms with Crippen LogP contribution in [0.4, 0.5) is 5.69 Å². The van der Waals surface area contributed by atoms with Gasteiger partial charge in [-0.25, -0.2) is 0 Å². The van der Waals surface area contributed by atoms with Crippen LogP contribution in [-0.4, -0.2) is 22.8 Å². The maximum Gasteiger partial charge on any atom is 0.109 e. The topological polar surface area (TPSA) is 49.8 Å². The summed E-state index contributed by atoms with van der Waals surface area (Å²) in [6, 6.07) is 4.86. The molecule has 3 aromatic heterocycles. The Bertz CT molecular complexity index is 788. The summed E-state index contributed by atoms with van der Waals surface area (Å²) in [4.78, 5) is 2.78. The van der Waals surface area contributed by atoms with Crippen molar-refractivity contribution in [3.8, 4) is 0 Å². The van der Waals surface area contributed by atoms with E-state index in [4.69, 9.17) is 0 Å². The second-order valence-electron chi connectivity index (χ2n) is 6.02. The van der Waals surface area contributed by atoms with Crippen LogP contribution in [-0.2, 0) is 13.0 Å². The van der Waals surface area contributed by atoms with Crippen molar-refractivity contribution in [3.63, 3.8) is 0 Å². The summed E-state index contributed by atoms with van der Waals surface area (Å²) in [5, 5.41) is 17.8. The number of hydrogen-bond donors (Lipinski definition) is 2. The Hall–Kier alpha value is -1.50. The SMILES string of the molecule is Cc1c(C[C@H]2CCCN2)sc2c(NCc3cccs3)cnnc12. The van der Waals surface area contributed by atoms with E-state index in [1.807, 2.05) is 17.5 Å². The number of thiophene rings is 2. The normalized spacial score (nSPS) is 17.9. The number of aryl methyl sites for hydroxylation is 1. The third-order valence-corrected chi connectivity index (χ3v) is 6.64. The summed E-state index contributed by atoms with van der Waals surface area (Å²) in [6.45, 7) is 4.18. The minimum Gasteiger partial charge on any atom is -0.378 e. The van der Waals surface area contributed by atoms with Crippen LogP contribution >= 0.6 is 22.7 Å². The molecule has 0 saturated carbocycles. The first kappa shape index (κ1) is 15.1. The summed E-state index contributed by atoms with van der Waals surface area (Å²) >= 11 is 3.65. The van der Waals surface area contributed by atoms with Gasteiger partial charge in [0, 0.05) is 22.3 Å². The van der Waals surface area contributed by atoms with Crippen LogP contribution in [0.3, 0.4) is 0 Å². The molecule has 1 atom stereocenters. The first-order chi connectivity index (χ1) is 11.3. The van der Waals surface area contributed by atoms with E-state index in [2.05, 4.69) is 45.3 Å². The van der Waals surface area contributed by atoms with E-state index in [0.29, 0.717) is 6.04 Å². The molecule has 23 heavy (non-hydrogen) atoms. The minimum atomic E-state index is 0.622. The molecule has 1 aliphatic rings.